The van der Waals surface area contributed by atoms with E-state index in [4.69, 9.17) is 11.6 Å². The molecule has 0 unspecified atom stereocenters. The minimum Gasteiger partial charge on any atom is -0.298 e. The molecule has 3 aromatic rings. The van der Waals surface area contributed by atoms with E-state index in [0.29, 0.717) is 15.6 Å². The van der Waals surface area contributed by atoms with Crippen molar-refractivity contribution in [1.29, 1.82) is 0 Å². The second-order valence-electron chi connectivity index (χ2n) is 4.08. The predicted molar refractivity (Wildman–Crippen MR) is 85.0 cm³/mol. The molecule has 0 radical (unpaired) electrons. The molecule has 0 fully saturated rings. The Kier molecular flexibility index (Phi) is 3.74. The summed E-state index contributed by atoms with van der Waals surface area (Å²) in [6.45, 7) is 0. The summed E-state index contributed by atoms with van der Waals surface area (Å²) in [5.74, 6) is 0. The van der Waals surface area contributed by atoms with Gasteiger partial charge in [0.1, 0.15) is 5.69 Å². The molecule has 0 N–H and O–H groups in total. The van der Waals surface area contributed by atoms with Crippen LogP contribution >= 0.6 is 38.9 Å². The number of nitrogens with zero attached hydrogens (tertiary/aromatic N) is 2. The molecule has 2 aromatic heterocycles. The number of hydrogen-bond donors (Lipinski definition) is 0. The van der Waals surface area contributed by atoms with Crippen molar-refractivity contribution in [1.82, 2.24) is 9.78 Å². The molecule has 6 heteroatoms. The van der Waals surface area contributed by atoms with Crippen LogP contribution in [0.15, 0.2) is 47.1 Å². The van der Waals surface area contributed by atoms with E-state index >= 15 is 0 Å². The molecule has 0 saturated heterocycles. The summed E-state index contributed by atoms with van der Waals surface area (Å²) in [5, 5.41) is 4.49. The number of benzene rings is 1. The standard InChI is InChI=1S/C14H8BrClN2OS/c15-10-2-1-3-11(6-10)18-7-9(8-19)14(17-18)12-4-5-13(16)20-12/h1-8H. The number of rotatable bonds is 3. The number of hydrogen-bond acceptors (Lipinski definition) is 3. The normalized spacial score (nSPS) is 10.7. The Balaban J connectivity index is 2.11. The summed E-state index contributed by atoms with van der Waals surface area (Å²) in [4.78, 5) is 12.1. The third kappa shape index (κ3) is 2.57. The molecule has 3 rings (SSSR count). The summed E-state index contributed by atoms with van der Waals surface area (Å²) in [7, 11) is 0. The van der Waals surface area contributed by atoms with Crippen molar-refractivity contribution >= 4 is 45.2 Å². The molecule has 0 aliphatic rings. The molecule has 100 valence electrons. The first-order valence-electron chi connectivity index (χ1n) is 5.74. The van der Waals surface area contributed by atoms with Crippen LogP contribution in [0.25, 0.3) is 16.3 Å². The minimum atomic E-state index is 0.545. The number of aromatic nitrogens is 2. The van der Waals surface area contributed by atoms with E-state index in [0.717, 1.165) is 21.3 Å². The van der Waals surface area contributed by atoms with Crippen LogP contribution in [0, 0.1) is 0 Å². The Morgan fingerprint density at radius 2 is 2.15 bits per heavy atom. The van der Waals surface area contributed by atoms with Gasteiger partial charge in [-0.15, -0.1) is 11.3 Å². The number of thiophene rings is 1. The van der Waals surface area contributed by atoms with Gasteiger partial charge in [-0.25, -0.2) is 4.68 Å². The van der Waals surface area contributed by atoms with Gasteiger partial charge in [-0.05, 0) is 30.3 Å². The van der Waals surface area contributed by atoms with Crippen LogP contribution in [-0.4, -0.2) is 16.1 Å². The smallest absolute Gasteiger partial charge is 0.153 e. The fourth-order valence-electron chi connectivity index (χ4n) is 1.86. The minimum absolute atomic E-state index is 0.545. The van der Waals surface area contributed by atoms with Gasteiger partial charge < -0.3 is 0 Å². The quantitative estimate of drug-likeness (QED) is 0.622. The van der Waals surface area contributed by atoms with Gasteiger partial charge in [-0.1, -0.05) is 33.6 Å². The summed E-state index contributed by atoms with van der Waals surface area (Å²) in [6, 6.07) is 11.4. The Labute approximate surface area is 132 Å². The second-order valence-corrected chi connectivity index (χ2v) is 6.71. The van der Waals surface area contributed by atoms with Gasteiger partial charge in [0.05, 0.1) is 20.5 Å². The summed E-state index contributed by atoms with van der Waals surface area (Å²) >= 11 is 10.8. The van der Waals surface area contributed by atoms with Gasteiger partial charge in [0.25, 0.3) is 0 Å². The van der Waals surface area contributed by atoms with Crippen molar-refractivity contribution in [3.8, 4) is 16.3 Å². The van der Waals surface area contributed by atoms with Gasteiger partial charge in [-0.2, -0.15) is 5.10 Å². The van der Waals surface area contributed by atoms with Gasteiger partial charge in [0.15, 0.2) is 6.29 Å². The summed E-state index contributed by atoms with van der Waals surface area (Å²) in [6.07, 6.45) is 2.53. The second kappa shape index (κ2) is 5.52. The fourth-order valence-corrected chi connectivity index (χ4v) is 3.29. The van der Waals surface area contributed by atoms with Crippen LogP contribution in [-0.2, 0) is 0 Å². The van der Waals surface area contributed by atoms with E-state index in [2.05, 4.69) is 21.0 Å². The van der Waals surface area contributed by atoms with Crippen LogP contribution in [0.2, 0.25) is 4.34 Å². The summed E-state index contributed by atoms with van der Waals surface area (Å²) in [5.41, 5.74) is 2.08. The van der Waals surface area contributed by atoms with Crippen molar-refractivity contribution in [2.75, 3.05) is 0 Å². The average Bonchev–Trinajstić information content (AvgIpc) is 3.04. The molecule has 2 heterocycles. The number of aldehydes is 1. The van der Waals surface area contributed by atoms with Crippen LogP contribution in [0.4, 0.5) is 0 Å². The van der Waals surface area contributed by atoms with Gasteiger partial charge in [0.2, 0.25) is 0 Å². The third-order valence-corrected chi connectivity index (χ3v) is 4.48. The highest BCUT2D eigenvalue weighted by atomic mass is 79.9. The summed E-state index contributed by atoms with van der Waals surface area (Å²) < 4.78 is 3.32. The van der Waals surface area contributed by atoms with Gasteiger partial charge >= 0.3 is 0 Å². The Hall–Kier alpha value is -1.43. The zero-order valence-electron chi connectivity index (χ0n) is 10.1. The molecule has 3 nitrogen and oxygen atoms in total. The van der Waals surface area contributed by atoms with Crippen molar-refractivity contribution < 1.29 is 4.79 Å². The van der Waals surface area contributed by atoms with E-state index in [-0.39, 0.29) is 0 Å². The maximum atomic E-state index is 11.2. The molecular weight excluding hydrogens is 360 g/mol. The molecule has 1 aromatic carbocycles. The third-order valence-electron chi connectivity index (χ3n) is 2.75. The van der Waals surface area contributed by atoms with Crippen LogP contribution in [0.5, 0.6) is 0 Å². The lowest BCUT2D eigenvalue weighted by molar-refractivity contribution is 0.112. The lowest BCUT2D eigenvalue weighted by Crippen LogP contribution is -1.94. The fraction of sp³-hybridized carbons (Fsp3) is 0. The molecule has 0 spiro atoms. The SMILES string of the molecule is O=Cc1cn(-c2cccc(Br)c2)nc1-c1ccc(Cl)s1. The number of carbonyl (C=O) groups excluding carboxylic acids is 1. The molecule has 0 aliphatic heterocycles. The van der Waals surface area contributed by atoms with Gasteiger partial charge in [0, 0.05) is 10.7 Å². The van der Waals surface area contributed by atoms with Crippen LogP contribution in [0.3, 0.4) is 0 Å². The largest absolute Gasteiger partial charge is 0.298 e. The lowest BCUT2D eigenvalue weighted by atomic mass is 10.2. The van der Waals surface area contributed by atoms with Crippen molar-refractivity contribution in [2.45, 2.75) is 0 Å². The molecule has 0 bridgehead atoms. The van der Waals surface area contributed by atoms with E-state index in [1.807, 2.05) is 30.3 Å². The molecule has 20 heavy (non-hydrogen) atoms. The highest BCUT2D eigenvalue weighted by molar-refractivity contribution is 9.10. The Bertz CT molecular complexity index is 781. The highest BCUT2D eigenvalue weighted by Crippen LogP contribution is 2.32. The first kappa shape index (κ1) is 13.5. The van der Waals surface area contributed by atoms with E-state index in [1.165, 1.54) is 11.3 Å². The first-order valence-corrected chi connectivity index (χ1v) is 7.72. The first-order chi connectivity index (χ1) is 9.67. The van der Waals surface area contributed by atoms with Gasteiger partial charge in [-0.3, -0.25) is 4.79 Å². The van der Waals surface area contributed by atoms with Crippen LogP contribution < -0.4 is 0 Å². The van der Waals surface area contributed by atoms with Crippen LogP contribution in [0.1, 0.15) is 10.4 Å². The van der Waals surface area contributed by atoms with E-state index < -0.39 is 0 Å². The molecule has 0 atom stereocenters. The predicted octanol–water partition coefficient (Wildman–Crippen LogP) is 4.83. The van der Waals surface area contributed by atoms with Crippen molar-refractivity contribution in [3.05, 3.63) is 57.0 Å². The molecule has 0 aliphatic carbocycles. The maximum absolute atomic E-state index is 11.2. The molecule has 0 saturated carbocycles. The lowest BCUT2D eigenvalue weighted by Gasteiger charge is -2.00. The molecular formula is C14H8BrClN2OS. The zero-order chi connectivity index (χ0) is 14.1. The zero-order valence-corrected chi connectivity index (χ0v) is 13.2. The Morgan fingerprint density at radius 3 is 2.80 bits per heavy atom. The maximum Gasteiger partial charge on any atom is 0.153 e. The molecule has 0 amide bonds. The van der Waals surface area contributed by atoms with E-state index in [1.54, 1.807) is 16.9 Å². The number of halogens is 2. The van der Waals surface area contributed by atoms with Crippen molar-refractivity contribution in [2.24, 2.45) is 0 Å². The highest BCUT2D eigenvalue weighted by Gasteiger charge is 2.13. The Morgan fingerprint density at radius 1 is 1.30 bits per heavy atom. The van der Waals surface area contributed by atoms with Crippen molar-refractivity contribution in [3.63, 3.8) is 0 Å². The monoisotopic (exact) mass is 366 g/mol. The topological polar surface area (TPSA) is 34.9 Å². The number of carbonyl (C=O) groups is 1. The van der Waals surface area contributed by atoms with E-state index in [9.17, 15) is 4.79 Å². The average molecular weight is 368 g/mol.